The second kappa shape index (κ2) is 8.18. The van der Waals surface area contributed by atoms with Gasteiger partial charge >= 0.3 is 0 Å². The summed E-state index contributed by atoms with van der Waals surface area (Å²) in [6, 6.07) is 9.51. The SMILES string of the molecule is CCC(Oc1ncc(Cl)cc1Cl)C(=O)NCc1ccc(C)cc1. The normalized spacial score (nSPS) is 11.8. The van der Waals surface area contributed by atoms with Gasteiger partial charge in [-0.1, -0.05) is 60.0 Å². The van der Waals surface area contributed by atoms with Crippen LogP contribution in [0, 0.1) is 6.92 Å². The van der Waals surface area contributed by atoms with Crippen molar-refractivity contribution in [1.82, 2.24) is 10.3 Å². The van der Waals surface area contributed by atoms with Gasteiger partial charge in [0.2, 0.25) is 5.88 Å². The average Bonchev–Trinajstić information content (AvgIpc) is 2.53. The molecule has 1 amide bonds. The lowest BCUT2D eigenvalue weighted by Crippen LogP contribution is -2.37. The fourth-order valence-electron chi connectivity index (χ4n) is 1.95. The molecular weight excluding hydrogens is 335 g/mol. The number of pyridine rings is 1. The van der Waals surface area contributed by atoms with E-state index in [2.05, 4.69) is 10.3 Å². The van der Waals surface area contributed by atoms with Crippen molar-refractivity contribution in [2.75, 3.05) is 0 Å². The summed E-state index contributed by atoms with van der Waals surface area (Å²) in [6.45, 7) is 4.33. The molecule has 1 unspecified atom stereocenters. The maximum absolute atomic E-state index is 12.3. The third kappa shape index (κ3) is 5.12. The maximum Gasteiger partial charge on any atom is 0.261 e. The van der Waals surface area contributed by atoms with Crippen LogP contribution in [0.15, 0.2) is 36.5 Å². The lowest BCUT2D eigenvalue weighted by Gasteiger charge is -2.17. The van der Waals surface area contributed by atoms with E-state index in [9.17, 15) is 4.79 Å². The zero-order valence-electron chi connectivity index (χ0n) is 13.0. The van der Waals surface area contributed by atoms with Crippen molar-refractivity contribution in [2.24, 2.45) is 0 Å². The summed E-state index contributed by atoms with van der Waals surface area (Å²) in [4.78, 5) is 16.3. The average molecular weight is 353 g/mol. The predicted octanol–water partition coefficient (Wildman–Crippen LogP) is 4.17. The van der Waals surface area contributed by atoms with E-state index in [0.717, 1.165) is 5.56 Å². The van der Waals surface area contributed by atoms with Gasteiger partial charge in [-0.2, -0.15) is 0 Å². The van der Waals surface area contributed by atoms with Gasteiger partial charge < -0.3 is 10.1 Å². The molecular formula is C17H18Cl2N2O2. The number of nitrogens with zero attached hydrogens (tertiary/aromatic N) is 1. The van der Waals surface area contributed by atoms with Crippen molar-refractivity contribution in [3.63, 3.8) is 0 Å². The van der Waals surface area contributed by atoms with Gasteiger partial charge in [0.1, 0.15) is 5.02 Å². The first kappa shape index (κ1) is 17.6. The van der Waals surface area contributed by atoms with Crippen LogP contribution in [-0.2, 0) is 11.3 Å². The Morgan fingerprint density at radius 3 is 2.61 bits per heavy atom. The topological polar surface area (TPSA) is 51.2 Å². The van der Waals surface area contributed by atoms with E-state index in [-0.39, 0.29) is 16.8 Å². The number of carbonyl (C=O) groups excluding carboxylic acids is 1. The van der Waals surface area contributed by atoms with Gasteiger partial charge in [-0.25, -0.2) is 4.98 Å². The van der Waals surface area contributed by atoms with Crippen LogP contribution in [0.1, 0.15) is 24.5 Å². The number of amides is 1. The molecule has 0 aliphatic heterocycles. The first-order chi connectivity index (χ1) is 11.0. The van der Waals surface area contributed by atoms with E-state index in [1.54, 1.807) is 0 Å². The van der Waals surface area contributed by atoms with Gasteiger partial charge in [0.25, 0.3) is 5.91 Å². The van der Waals surface area contributed by atoms with Crippen LogP contribution in [0.2, 0.25) is 10.0 Å². The van der Waals surface area contributed by atoms with Gasteiger partial charge in [-0.3, -0.25) is 4.79 Å². The Morgan fingerprint density at radius 2 is 2.00 bits per heavy atom. The number of ether oxygens (including phenoxy) is 1. The summed E-state index contributed by atoms with van der Waals surface area (Å²) >= 11 is 11.8. The van der Waals surface area contributed by atoms with E-state index >= 15 is 0 Å². The summed E-state index contributed by atoms with van der Waals surface area (Å²) in [6.07, 6.45) is 1.27. The number of aryl methyl sites for hydroxylation is 1. The molecule has 0 radical (unpaired) electrons. The summed E-state index contributed by atoms with van der Waals surface area (Å²) in [7, 11) is 0. The van der Waals surface area contributed by atoms with Gasteiger partial charge in [0.15, 0.2) is 6.10 Å². The maximum atomic E-state index is 12.3. The van der Waals surface area contributed by atoms with E-state index in [4.69, 9.17) is 27.9 Å². The number of hydrogen-bond donors (Lipinski definition) is 1. The molecule has 1 atom stereocenters. The fourth-order valence-corrected chi connectivity index (χ4v) is 2.38. The number of nitrogens with one attached hydrogen (secondary N) is 1. The van der Waals surface area contributed by atoms with Crippen LogP contribution in [0.4, 0.5) is 0 Å². The van der Waals surface area contributed by atoms with Crippen molar-refractivity contribution in [2.45, 2.75) is 32.9 Å². The second-order valence-electron chi connectivity index (χ2n) is 5.16. The van der Waals surface area contributed by atoms with Crippen molar-refractivity contribution in [3.8, 4) is 5.88 Å². The molecule has 6 heteroatoms. The first-order valence-corrected chi connectivity index (χ1v) is 8.06. The van der Waals surface area contributed by atoms with Crippen molar-refractivity contribution >= 4 is 29.1 Å². The van der Waals surface area contributed by atoms with Gasteiger partial charge in [0, 0.05) is 12.7 Å². The molecule has 1 aromatic carbocycles. The highest BCUT2D eigenvalue weighted by Crippen LogP contribution is 2.25. The molecule has 0 saturated heterocycles. The highest BCUT2D eigenvalue weighted by Gasteiger charge is 2.20. The Kier molecular flexibility index (Phi) is 6.25. The monoisotopic (exact) mass is 352 g/mol. The highest BCUT2D eigenvalue weighted by molar-refractivity contribution is 6.35. The third-order valence-electron chi connectivity index (χ3n) is 3.28. The fraction of sp³-hybridized carbons (Fsp3) is 0.294. The molecule has 1 heterocycles. The van der Waals surface area contributed by atoms with Crippen molar-refractivity contribution < 1.29 is 9.53 Å². The quantitative estimate of drug-likeness (QED) is 0.848. The Labute approximate surface area is 145 Å². The van der Waals surface area contributed by atoms with E-state index < -0.39 is 6.10 Å². The van der Waals surface area contributed by atoms with Gasteiger partial charge in [-0.15, -0.1) is 0 Å². The zero-order valence-corrected chi connectivity index (χ0v) is 14.5. The smallest absolute Gasteiger partial charge is 0.261 e. The predicted molar refractivity (Wildman–Crippen MR) is 92.0 cm³/mol. The number of benzene rings is 1. The molecule has 0 aliphatic carbocycles. The summed E-state index contributed by atoms with van der Waals surface area (Å²) in [5.74, 6) is -0.00528. The summed E-state index contributed by atoms with van der Waals surface area (Å²) in [5.41, 5.74) is 2.21. The molecule has 0 saturated carbocycles. The molecule has 122 valence electrons. The number of hydrogen-bond acceptors (Lipinski definition) is 3. The van der Waals surface area contributed by atoms with E-state index in [1.807, 2.05) is 38.1 Å². The standard InChI is InChI=1S/C17H18Cl2N2O2/c1-3-15(23-17-14(19)8-13(18)10-21-17)16(22)20-9-12-6-4-11(2)5-7-12/h4-8,10,15H,3,9H2,1-2H3,(H,20,22). The first-order valence-electron chi connectivity index (χ1n) is 7.30. The number of rotatable bonds is 6. The highest BCUT2D eigenvalue weighted by atomic mass is 35.5. The third-order valence-corrected chi connectivity index (χ3v) is 3.76. The van der Waals surface area contributed by atoms with Crippen LogP contribution in [0.25, 0.3) is 0 Å². The van der Waals surface area contributed by atoms with Crippen LogP contribution in [0.5, 0.6) is 5.88 Å². The molecule has 23 heavy (non-hydrogen) atoms. The van der Waals surface area contributed by atoms with Gasteiger partial charge in [-0.05, 0) is 25.0 Å². The molecule has 1 aromatic heterocycles. The number of aromatic nitrogens is 1. The molecule has 1 N–H and O–H groups in total. The van der Waals surface area contributed by atoms with Gasteiger partial charge in [0.05, 0.1) is 5.02 Å². The van der Waals surface area contributed by atoms with Crippen LogP contribution in [0.3, 0.4) is 0 Å². The molecule has 2 aromatic rings. The van der Waals surface area contributed by atoms with Crippen LogP contribution >= 0.6 is 23.2 Å². The molecule has 4 nitrogen and oxygen atoms in total. The van der Waals surface area contributed by atoms with E-state index in [1.165, 1.54) is 17.8 Å². The zero-order chi connectivity index (χ0) is 16.8. The Balaban J connectivity index is 1.96. The summed E-state index contributed by atoms with van der Waals surface area (Å²) < 4.78 is 5.61. The van der Waals surface area contributed by atoms with E-state index in [0.29, 0.717) is 18.0 Å². The summed E-state index contributed by atoms with van der Waals surface area (Å²) in [5, 5.41) is 3.56. The van der Waals surface area contributed by atoms with Crippen LogP contribution < -0.4 is 10.1 Å². The van der Waals surface area contributed by atoms with Crippen molar-refractivity contribution in [3.05, 3.63) is 57.7 Å². The van der Waals surface area contributed by atoms with Crippen molar-refractivity contribution in [1.29, 1.82) is 0 Å². The second-order valence-corrected chi connectivity index (χ2v) is 6.00. The number of carbonyl (C=O) groups is 1. The Morgan fingerprint density at radius 1 is 1.30 bits per heavy atom. The minimum Gasteiger partial charge on any atom is -0.463 e. The Bertz CT molecular complexity index is 675. The number of halogens is 2. The minimum atomic E-state index is -0.661. The lowest BCUT2D eigenvalue weighted by molar-refractivity contribution is -0.128. The Hall–Kier alpha value is -1.78. The molecule has 0 bridgehead atoms. The van der Waals surface area contributed by atoms with Crippen LogP contribution in [-0.4, -0.2) is 17.0 Å². The minimum absolute atomic E-state index is 0.202. The lowest BCUT2D eigenvalue weighted by atomic mass is 10.1. The molecule has 2 rings (SSSR count). The molecule has 0 spiro atoms. The molecule has 0 aliphatic rings. The molecule has 0 fully saturated rings. The largest absolute Gasteiger partial charge is 0.463 e.